The van der Waals surface area contributed by atoms with Gasteiger partial charge in [-0.15, -0.1) is 0 Å². The Morgan fingerprint density at radius 2 is 1.70 bits per heavy atom. The molecule has 0 atom stereocenters. The Bertz CT molecular complexity index is 1040. The van der Waals surface area contributed by atoms with Crippen molar-refractivity contribution in [1.29, 1.82) is 0 Å². The lowest BCUT2D eigenvalue weighted by Gasteiger charge is -2.03. The van der Waals surface area contributed by atoms with Crippen molar-refractivity contribution >= 4 is 15.8 Å². The Hall–Kier alpha value is -2.93. The Morgan fingerprint density at radius 3 is 2.30 bits per heavy atom. The molecule has 3 aromatic rings. The molecular weight excluding hydrogens is 366 g/mol. The van der Waals surface area contributed by atoms with Crippen LogP contribution in [0.3, 0.4) is 0 Å². The van der Waals surface area contributed by atoms with Gasteiger partial charge in [-0.25, -0.2) is 13.4 Å². The van der Waals surface area contributed by atoms with Gasteiger partial charge in [0, 0.05) is 30.2 Å². The molecule has 0 spiro atoms. The number of rotatable bonds is 7. The summed E-state index contributed by atoms with van der Waals surface area (Å²) in [4.78, 5) is 15.5. The molecule has 6 nitrogen and oxygen atoms in total. The van der Waals surface area contributed by atoms with Crippen LogP contribution in [0.4, 0.5) is 0 Å². The SMILES string of the molecule is CS(=O)(=O)c1ccc(-c2oc(CCCC(=O)O)nc2-c2ccccc2)cc1. The van der Waals surface area contributed by atoms with E-state index in [1.54, 1.807) is 12.1 Å². The number of carboxylic acids is 1. The molecule has 0 fully saturated rings. The minimum atomic E-state index is -3.28. The number of hydrogen-bond acceptors (Lipinski definition) is 5. The summed E-state index contributed by atoms with van der Waals surface area (Å²) in [6, 6.07) is 15.9. The van der Waals surface area contributed by atoms with Gasteiger partial charge in [0.2, 0.25) is 0 Å². The minimum absolute atomic E-state index is 0.0431. The van der Waals surface area contributed by atoms with E-state index >= 15 is 0 Å². The predicted octanol–water partition coefficient (Wildman–Crippen LogP) is 3.82. The molecule has 1 aromatic heterocycles. The van der Waals surface area contributed by atoms with Crippen LogP contribution in [-0.2, 0) is 21.1 Å². The van der Waals surface area contributed by atoms with Gasteiger partial charge in [0.15, 0.2) is 21.5 Å². The largest absolute Gasteiger partial charge is 0.481 e. The number of nitrogens with zero attached hydrogens (tertiary/aromatic N) is 1. The standard InChI is InChI=1S/C20H19NO5S/c1-27(24,25)16-12-10-15(11-13-16)20-19(14-6-3-2-4-7-14)21-17(26-20)8-5-9-18(22)23/h2-4,6-7,10-13H,5,8-9H2,1H3,(H,22,23). The van der Waals surface area contributed by atoms with E-state index in [9.17, 15) is 13.2 Å². The third kappa shape index (κ3) is 4.62. The average Bonchev–Trinajstić information content (AvgIpc) is 3.06. The maximum absolute atomic E-state index is 11.7. The minimum Gasteiger partial charge on any atom is -0.481 e. The van der Waals surface area contributed by atoms with Gasteiger partial charge in [-0.3, -0.25) is 4.79 Å². The molecule has 0 saturated heterocycles. The lowest BCUT2D eigenvalue weighted by atomic mass is 10.1. The van der Waals surface area contributed by atoms with Crippen molar-refractivity contribution in [2.45, 2.75) is 24.2 Å². The van der Waals surface area contributed by atoms with Crippen molar-refractivity contribution in [3.8, 4) is 22.6 Å². The summed E-state index contributed by atoms with van der Waals surface area (Å²) in [6.07, 6.45) is 2.04. The van der Waals surface area contributed by atoms with E-state index in [4.69, 9.17) is 9.52 Å². The zero-order chi connectivity index (χ0) is 19.4. The van der Waals surface area contributed by atoms with Crippen LogP contribution in [0.5, 0.6) is 0 Å². The second-order valence-corrected chi connectivity index (χ2v) is 8.21. The second-order valence-electron chi connectivity index (χ2n) is 6.20. The highest BCUT2D eigenvalue weighted by atomic mass is 32.2. The molecule has 140 valence electrons. The topological polar surface area (TPSA) is 97.5 Å². The van der Waals surface area contributed by atoms with Crippen LogP contribution in [0.1, 0.15) is 18.7 Å². The normalized spacial score (nSPS) is 11.4. The summed E-state index contributed by atoms with van der Waals surface area (Å²) in [5.41, 5.74) is 2.22. The van der Waals surface area contributed by atoms with Gasteiger partial charge < -0.3 is 9.52 Å². The molecule has 0 bridgehead atoms. The molecule has 0 aliphatic carbocycles. The van der Waals surface area contributed by atoms with Gasteiger partial charge in [0.05, 0.1) is 4.90 Å². The summed E-state index contributed by atoms with van der Waals surface area (Å²) in [6.45, 7) is 0. The zero-order valence-electron chi connectivity index (χ0n) is 14.8. The maximum Gasteiger partial charge on any atom is 0.303 e. The molecule has 0 aliphatic rings. The highest BCUT2D eigenvalue weighted by molar-refractivity contribution is 7.90. The number of benzene rings is 2. The summed E-state index contributed by atoms with van der Waals surface area (Å²) in [5, 5.41) is 8.80. The third-order valence-electron chi connectivity index (χ3n) is 4.04. The number of hydrogen-bond donors (Lipinski definition) is 1. The highest BCUT2D eigenvalue weighted by Gasteiger charge is 2.18. The molecular formula is C20H19NO5S. The van der Waals surface area contributed by atoms with Crippen LogP contribution >= 0.6 is 0 Å². The molecule has 0 unspecified atom stereocenters. The summed E-state index contributed by atoms with van der Waals surface area (Å²) in [7, 11) is -3.28. The first-order valence-corrected chi connectivity index (χ1v) is 10.3. The Kier molecular flexibility index (Phi) is 5.41. The summed E-state index contributed by atoms with van der Waals surface area (Å²) >= 11 is 0. The van der Waals surface area contributed by atoms with Gasteiger partial charge in [0.25, 0.3) is 0 Å². The van der Waals surface area contributed by atoms with Gasteiger partial charge in [0.1, 0.15) is 5.69 Å². The number of sulfone groups is 1. The van der Waals surface area contributed by atoms with Crippen LogP contribution in [-0.4, -0.2) is 30.7 Å². The second kappa shape index (κ2) is 7.75. The molecule has 2 aromatic carbocycles. The van der Waals surface area contributed by atoms with Crippen molar-refractivity contribution in [2.24, 2.45) is 0 Å². The Balaban J connectivity index is 1.99. The van der Waals surface area contributed by atoms with E-state index in [-0.39, 0.29) is 11.3 Å². The lowest BCUT2D eigenvalue weighted by molar-refractivity contribution is -0.137. The average molecular weight is 385 g/mol. The van der Waals surface area contributed by atoms with Crippen molar-refractivity contribution in [3.05, 3.63) is 60.5 Å². The van der Waals surface area contributed by atoms with Crippen LogP contribution < -0.4 is 0 Å². The molecule has 7 heteroatoms. The van der Waals surface area contributed by atoms with Crippen molar-refractivity contribution in [1.82, 2.24) is 4.98 Å². The van der Waals surface area contributed by atoms with Crippen molar-refractivity contribution < 1.29 is 22.7 Å². The van der Waals surface area contributed by atoms with E-state index in [0.29, 0.717) is 35.7 Å². The molecule has 3 rings (SSSR count). The fraction of sp³-hybridized carbons (Fsp3) is 0.200. The summed E-state index contributed by atoms with van der Waals surface area (Å²) in [5.74, 6) is 0.130. The van der Waals surface area contributed by atoms with E-state index in [1.165, 1.54) is 12.1 Å². The quantitative estimate of drug-likeness (QED) is 0.664. The molecule has 0 amide bonds. The number of oxazole rings is 1. The van der Waals surface area contributed by atoms with Crippen LogP contribution in [0.15, 0.2) is 63.9 Å². The first kappa shape index (κ1) is 18.8. The van der Waals surface area contributed by atoms with E-state index in [0.717, 1.165) is 11.8 Å². The zero-order valence-corrected chi connectivity index (χ0v) is 15.6. The molecule has 0 radical (unpaired) electrons. The van der Waals surface area contributed by atoms with Gasteiger partial charge in [-0.2, -0.15) is 0 Å². The number of aromatic nitrogens is 1. The number of carbonyl (C=O) groups is 1. The van der Waals surface area contributed by atoms with Gasteiger partial charge in [-0.1, -0.05) is 30.3 Å². The molecule has 1 N–H and O–H groups in total. The first-order valence-electron chi connectivity index (χ1n) is 8.42. The smallest absolute Gasteiger partial charge is 0.303 e. The van der Waals surface area contributed by atoms with Crippen molar-refractivity contribution in [3.63, 3.8) is 0 Å². The molecule has 1 heterocycles. The number of carboxylic acid groups (broad SMARTS) is 1. The fourth-order valence-electron chi connectivity index (χ4n) is 2.70. The van der Waals surface area contributed by atoms with Crippen LogP contribution in [0.2, 0.25) is 0 Å². The van der Waals surface area contributed by atoms with Crippen LogP contribution in [0.25, 0.3) is 22.6 Å². The molecule has 27 heavy (non-hydrogen) atoms. The van der Waals surface area contributed by atoms with E-state index < -0.39 is 15.8 Å². The number of aryl methyl sites for hydroxylation is 1. The number of aliphatic carboxylic acids is 1. The van der Waals surface area contributed by atoms with Crippen molar-refractivity contribution in [2.75, 3.05) is 6.26 Å². The Morgan fingerprint density at radius 1 is 1.04 bits per heavy atom. The van der Waals surface area contributed by atoms with E-state index in [2.05, 4.69) is 4.98 Å². The Labute approximate surface area is 157 Å². The van der Waals surface area contributed by atoms with Gasteiger partial charge >= 0.3 is 5.97 Å². The molecule has 0 saturated carbocycles. The lowest BCUT2D eigenvalue weighted by Crippen LogP contribution is -1.96. The maximum atomic E-state index is 11.7. The highest BCUT2D eigenvalue weighted by Crippen LogP contribution is 2.33. The monoisotopic (exact) mass is 385 g/mol. The predicted molar refractivity (Wildman–Crippen MR) is 101 cm³/mol. The van der Waals surface area contributed by atoms with E-state index in [1.807, 2.05) is 30.3 Å². The fourth-order valence-corrected chi connectivity index (χ4v) is 3.33. The summed E-state index contributed by atoms with van der Waals surface area (Å²) < 4.78 is 29.2. The van der Waals surface area contributed by atoms with Crippen LogP contribution in [0, 0.1) is 0 Å². The third-order valence-corrected chi connectivity index (χ3v) is 5.17. The van der Waals surface area contributed by atoms with Gasteiger partial charge in [-0.05, 0) is 30.7 Å². The first-order chi connectivity index (χ1) is 12.8. The molecule has 0 aliphatic heterocycles.